The molecule has 0 radical (unpaired) electrons. The predicted octanol–water partition coefficient (Wildman–Crippen LogP) is 4.12. The van der Waals surface area contributed by atoms with Crippen LogP contribution in [0.3, 0.4) is 0 Å². The fourth-order valence-corrected chi connectivity index (χ4v) is 2.90. The Morgan fingerprint density at radius 2 is 1.87 bits per heavy atom. The molecule has 0 saturated heterocycles. The van der Waals surface area contributed by atoms with Gasteiger partial charge < -0.3 is 0 Å². The molecular formula is C16H9ClF2N4. The van der Waals surface area contributed by atoms with Crippen molar-refractivity contribution in [2.24, 2.45) is 7.05 Å². The van der Waals surface area contributed by atoms with E-state index in [0.717, 1.165) is 6.07 Å². The molecule has 2 aromatic heterocycles. The fourth-order valence-electron chi connectivity index (χ4n) is 2.68. The zero-order chi connectivity index (χ0) is 16.1. The van der Waals surface area contributed by atoms with Gasteiger partial charge in [0, 0.05) is 24.1 Å². The van der Waals surface area contributed by atoms with Crippen LogP contribution in [0.15, 0.2) is 36.4 Å². The van der Waals surface area contributed by atoms with Crippen LogP contribution in [0.2, 0.25) is 5.02 Å². The normalized spacial score (nSPS) is 11.5. The average molecular weight is 331 g/mol. The van der Waals surface area contributed by atoms with E-state index in [9.17, 15) is 8.78 Å². The Morgan fingerprint density at radius 3 is 2.65 bits per heavy atom. The number of aromatic nitrogens is 4. The van der Waals surface area contributed by atoms with Crippen molar-refractivity contribution in [2.75, 3.05) is 0 Å². The maximum atomic E-state index is 14.0. The minimum atomic E-state index is -0.761. The first-order valence-corrected chi connectivity index (χ1v) is 7.17. The molecule has 0 N–H and O–H groups in total. The summed E-state index contributed by atoms with van der Waals surface area (Å²) in [5.41, 5.74) is 1.61. The predicted molar refractivity (Wildman–Crippen MR) is 84.2 cm³/mol. The molecule has 0 bridgehead atoms. The molecule has 0 amide bonds. The molecule has 0 spiro atoms. The molecule has 0 atom stereocenters. The van der Waals surface area contributed by atoms with Crippen LogP contribution in [0, 0.1) is 11.6 Å². The second kappa shape index (κ2) is 4.96. The Labute approximate surface area is 134 Å². The topological polar surface area (TPSA) is 43.6 Å². The van der Waals surface area contributed by atoms with Crippen molar-refractivity contribution in [1.29, 1.82) is 0 Å². The van der Waals surface area contributed by atoms with E-state index in [1.165, 1.54) is 10.7 Å². The highest BCUT2D eigenvalue weighted by molar-refractivity contribution is 6.33. The van der Waals surface area contributed by atoms with Crippen molar-refractivity contribution >= 4 is 33.5 Å². The van der Waals surface area contributed by atoms with Gasteiger partial charge in [0.2, 0.25) is 0 Å². The van der Waals surface area contributed by atoms with Gasteiger partial charge in [-0.1, -0.05) is 29.8 Å². The number of benzene rings is 2. The lowest BCUT2D eigenvalue weighted by molar-refractivity contribution is 0.589. The van der Waals surface area contributed by atoms with Crippen LogP contribution in [-0.4, -0.2) is 20.0 Å². The van der Waals surface area contributed by atoms with Crippen molar-refractivity contribution in [3.05, 3.63) is 53.1 Å². The number of halogens is 3. The Kier molecular flexibility index (Phi) is 3.02. The molecule has 7 heteroatoms. The van der Waals surface area contributed by atoms with Crippen LogP contribution in [0.5, 0.6) is 0 Å². The molecule has 0 aliphatic carbocycles. The molecule has 4 nitrogen and oxygen atoms in total. The molecular weight excluding hydrogens is 322 g/mol. The number of aryl methyl sites for hydroxylation is 1. The largest absolute Gasteiger partial charge is 0.248 e. The minimum Gasteiger partial charge on any atom is -0.248 e. The molecule has 2 aromatic carbocycles. The fraction of sp³-hybridized carbons (Fsp3) is 0.0625. The van der Waals surface area contributed by atoms with Crippen LogP contribution in [0.4, 0.5) is 8.78 Å². The maximum absolute atomic E-state index is 14.0. The maximum Gasteiger partial charge on any atom is 0.181 e. The summed E-state index contributed by atoms with van der Waals surface area (Å²) in [7, 11) is 1.69. The second-order valence-electron chi connectivity index (χ2n) is 5.13. The van der Waals surface area contributed by atoms with Crippen molar-refractivity contribution in [3.63, 3.8) is 0 Å². The smallest absolute Gasteiger partial charge is 0.181 e. The number of hydrogen-bond acceptors (Lipinski definition) is 3. The van der Waals surface area contributed by atoms with Crippen LogP contribution in [0.25, 0.3) is 33.2 Å². The summed E-state index contributed by atoms with van der Waals surface area (Å²) in [4.78, 5) is 0. The van der Waals surface area contributed by atoms with Crippen molar-refractivity contribution < 1.29 is 8.78 Å². The third kappa shape index (κ3) is 2.06. The summed E-state index contributed by atoms with van der Waals surface area (Å²) in [6.45, 7) is 0. The molecule has 0 saturated carbocycles. The third-order valence-electron chi connectivity index (χ3n) is 3.69. The quantitative estimate of drug-likeness (QED) is 0.527. The first kappa shape index (κ1) is 14.0. The first-order chi connectivity index (χ1) is 11.1. The Balaban J connectivity index is 2.22. The van der Waals surface area contributed by atoms with Gasteiger partial charge in [-0.25, -0.2) is 13.5 Å². The number of rotatable bonds is 1. The highest BCUT2D eigenvalue weighted by Crippen LogP contribution is 2.35. The van der Waals surface area contributed by atoms with Gasteiger partial charge in [0.15, 0.2) is 11.5 Å². The van der Waals surface area contributed by atoms with Crippen LogP contribution >= 0.6 is 11.6 Å². The Hall–Kier alpha value is -2.60. The van der Waals surface area contributed by atoms with Gasteiger partial charge in [-0.05, 0) is 12.1 Å². The van der Waals surface area contributed by atoms with Gasteiger partial charge in [-0.2, -0.15) is 5.10 Å². The van der Waals surface area contributed by atoms with E-state index in [0.29, 0.717) is 32.7 Å². The van der Waals surface area contributed by atoms with E-state index in [1.54, 1.807) is 25.2 Å². The lowest BCUT2D eigenvalue weighted by atomic mass is 10.1. The zero-order valence-electron chi connectivity index (χ0n) is 11.9. The minimum absolute atomic E-state index is 0.000188. The average Bonchev–Trinajstić information content (AvgIpc) is 2.85. The third-order valence-corrected chi connectivity index (χ3v) is 4.02. The van der Waals surface area contributed by atoms with E-state index in [-0.39, 0.29) is 5.52 Å². The van der Waals surface area contributed by atoms with Gasteiger partial charge in [0.25, 0.3) is 0 Å². The summed E-state index contributed by atoms with van der Waals surface area (Å²) in [5, 5.41) is 13.6. The van der Waals surface area contributed by atoms with Crippen LogP contribution in [0.1, 0.15) is 0 Å². The van der Waals surface area contributed by atoms with E-state index >= 15 is 0 Å². The van der Waals surface area contributed by atoms with Gasteiger partial charge in [-0.3, -0.25) is 0 Å². The first-order valence-electron chi connectivity index (χ1n) is 6.79. The lowest BCUT2D eigenvalue weighted by Crippen LogP contribution is -1.95. The van der Waals surface area contributed by atoms with Gasteiger partial charge in [0.05, 0.1) is 10.4 Å². The molecule has 114 valence electrons. The SMILES string of the molecule is Cn1nc(-c2ccccc2Cl)c2c3cc(F)cc(F)c3nnc21. The van der Waals surface area contributed by atoms with Gasteiger partial charge >= 0.3 is 0 Å². The van der Waals surface area contributed by atoms with Crippen LogP contribution < -0.4 is 0 Å². The van der Waals surface area contributed by atoms with Crippen LogP contribution in [-0.2, 0) is 7.05 Å². The standard InChI is InChI=1S/C16H9ClF2N4/c1-23-16-13(15(22-23)9-4-2-3-5-11(9)17)10-6-8(18)7-12(19)14(10)20-21-16/h2-7H,1H3. The lowest BCUT2D eigenvalue weighted by Gasteiger charge is -2.04. The second-order valence-corrected chi connectivity index (χ2v) is 5.54. The highest BCUT2D eigenvalue weighted by Gasteiger charge is 2.19. The van der Waals surface area contributed by atoms with E-state index in [2.05, 4.69) is 15.3 Å². The molecule has 4 rings (SSSR count). The number of nitrogens with zero attached hydrogens (tertiary/aromatic N) is 4. The van der Waals surface area contributed by atoms with E-state index < -0.39 is 11.6 Å². The van der Waals surface area contributed by atoms with Crippen molar-refractivity contribution in [2.45, 2.75) is 0 Å². The van der Waals surface area contributed by atoms with Gasteiger partial charge in [-0.15, -0.1) is 10.2 Å². The molecule has 0 aliphatic heterocycles. The molecule has 0 unspecified atom stereocenters. The monoisotopic (exact) mass is 330 g/mol. The Bertz CT molecular complexity index is 1070. The van der Waals surface area contributed by atoms with Gasteiger partial charge in [0.1, 0.15) is 17.0 Å². The molecule has 0 fully saturated rings. The summed E-state index contributed by atoms with van der Waals surface area (Å²) < 4.78 is 29.2. The number of hydrogen-bond donors (Lipinski definition) is 0. The van der Waals surface area contributed by atoms with Crippen molar-refractivity contribution in [3.8, 4) is 11.3 Å². The zero-order valence-corrected chi connectivity index (χ0v) is 12.6. The summed E-state index contributed by atoms with van der Waals surface area (Å²) in [5.74, 6) is -1.44. The molecule has 0 aliphatic rings. The number of fused-ring (bicyclic) bond motifs is 3. The molecule has 2 heterocycles. The summed E-state index contributed by atoms with van der Waals surface area (Å²) >= 11 is 6.25. The molecule has 4 aromatic rings. The van der Waals surface area contributed by atoms with E-state index in [4.69, 9.17) is 11.6 Å². The van der Waals surface area contributed by atoms with E-state index in [1.807, 2.05) is 6.07 Å². The summed E-state index contributed by atoms with van der Waals surface area (Å²) in [6.07, 6.45) is 0. The molecule has 23 heavy (non-hydrogen) atoms. The Morgan fingerprint density at radius 1 is 1.09 bits per heavy atom. The highest BCUT2D eigenvalue weighted by atomic mass is 35.5. The summed E-state index contributed by atoms with van der Waals surface area (Å²) in [6, 6.07) is 9.17. The van der Waals surface area contributed by atoms with Crippen molar-refractivity contribution in [1.82, 2.24) is 20.0 Å².